The standard InChI is InChI=1S/C10H9BO2/c1-6-8(5-12)4-7-2-3-13-10(7)9(6)11/h2-4,12H,5H2,1H3. The molecule has 2 rings (SSSR count). The van der Waals surface area contributed by atoms with Crippen LogP contribution in [0.15, 0.2) is 22.8 Å². The van der Waals surface area contributed by atoms with E-state index in [4.69, 9.17) is 17.4 Å². The molecular weight excluding hydrogens is 163 g/mol. The molecule has 2 aromatic rings. The van der Waals surface area contributed by atoms with Gasteiger partial charge in [-0.05, 0) is 30.2 Å². The molecule has 2 radical (unpaired) electrons. The molecule has 0 atom stereocenters. The van der Waals surface area contributed by atoms with E-state index < -0.39 is 0 Å². The highest BCUT2D eigenvalue weighted by molar-refractivity contribution is 6.39. The monoisotopic (exact) mass is 172 g/mol. The van der Waals surface area contributed by atoms with Crippen LogP contribution >= 0.6 is 0 Å². The van der Waals surface area contributed by atoms with E-state index in [1.165, 1.54) is 0 Å². The van der Waals surface area contributed by atoms with Crippen LogP contribution in [0.4, 0.5) is 0 Å². The minimum atomic E-state index is 0.0111. The van der Waals surface area contributed by atoms with Crippen molar-refractivity contribution in [3.63, 3.8) is 0 Å². The zero-order valence-corrected chi connectivity index (χ0v) is 7.37. The Morgan fingerprint density at radius 1 is 1.54 bits per heavy atom. The Balaban J connectivity index is 2.83. The van der Waals surface area contributed by atoms with E-state index in [1.807, 2.05) is 19.1 Å². The van der Waals surface area contributed by atoms with Crippen molar-refractivity contribution in [1.29, 1.82) is 0 Å². The number of hydrogen-bond acceptors (Lipinski definition) is 2. The van der Waals surface area contributed by atoms with Crippen LogP contribution in [-0.2, 0) is 6.61 Å². The Morgan fingerprint density at radius 3 is 3.00 bits per heavy atom. The normalized spacial score (nSPS) is 10.9. The molecule has 2 nitrogen and oxygen atoms in total. The lowest BCUT2D eigenvalue weighted by Crippen LogP contribution is -2.10. The van der Waals surface area contributed by atoms with Crippen LogP contribution in [0, 0.1) is 6.92 Å². The van der Waals surface area contributed by atoms with E-state index in [0.29, 0.717) is 11.0 Å². The van der Waals surface area contributed by atoms with Gasteiger partial charge in [0.15, 0.2) is 0 Å². The molecule has 0 amide bonds. The van der Waals surface area contributed by atoms with Gasteiger partial charge in [0.25, 0.3) is 0 Å². The van der Waals surface area contributed by atoms with E-state index >= 15 is 0 Å². The van der Waals surface area contributed by atoms with Crippen molar-refractivity contribution in [3.8, 4) is 0 Å². The summed E-state index contributed by atoms with van der Waals surface area (Å²) in [5, 5.41) is 9.99. The predicted octanol–water partition coefficient (Wildman–Crippen LogP) is 1.03. The average Bonchev–Trinajstić information content (AvgIpc) is 2.59. The van der Waals surface area contributed by atoms with Crippen LogP contribution in [0.25, 0.3) is 11.0 Å². The maximum absolute atomic E-state index is 9.05. The molecule has 0 aliphatic rings. The fourth-order valence-corrected chi connectivity index (χ4v) is 1.46. The molecule has 0 saturated heterocycles. The number of hydrogen-bond donors (Lipinski definition) is 1. The quantitative estimate of drug-likeness (QED) is 0.651. The summed E-state index contributed by atoms with van der Waals surface area (Å²) in [6, 6.07) is 3.73. The van der Waals surface area contributed by atoms with Gasteiger partial charge in [0, 0.05) is 5.39 Å². The number of aliphatic hydroxyl groups is 1. The second kappa shape index (κ2) is 2.93. The topological polar surface area (TPSA) is 33.4 Å². The van der Waals surface area contributed by atoms with Crippen molar-refractivity contribution in [2.24, 2.45) is 0 Å². The highest BCUT2D eigenvalue weighted by Crippen LogP contribution is 2.17. The van der Waals surface area contributed by atoms with Gasteiger partial charge in [-0.15, -0.1) is 0 Å². The third-order valence-corrected chi connectivity index (χ3v) is 2.33. The molecule has 0 saturated carbocycles. The van der Waals surface area contributed by atoms with E-state index in [9.17, 15) is 0 Å². The van der Waals surface area contributed by atoms with E-state index in [0.717, 1.165) is 16.5 Å². The lowest BCUT2D eigenvalue weighted by Gasteiger charge is -2.06. The van der Waals surface area contributed by atoms with Crippen molar-refractivity contribution in [1.82, 2.24) is 0 Å². The van der Waals surface area contributed by atoms with Crippen molar-refractivity contribution in [2.75, 3.05) is 0 Å². The predicted molar refractivity (Wildman–Crippen MR) is 52.3 cm³/mol. The molecule has 0 spiro atoms. The van der Waals surface area contributed by atoms with Gasteiger partial charge in [0.05, 0.1) is 12.9 Å². The van der Waals surface area contributed by atoms with Crippen LogP contribution in [0.1, 0.15) is 11.1 Å². The van der Waals surface area contributed by atoms with Gasteiger partial charge in [0.1, 0.15) is 13.4 Å². The molecule has 3 heteroatoms. The van der Waals surface area contributed by atoms with Crippen LogP contribution < -0.4 is 5.46 Å². The molecule has 13 heavy (non-hydrogen) atoms. The van der Waals surface area contributed by atoms with Gasteiger partial charge >= 0.3 is 0 Å². The fourth-order valence-electron chi connectivity index (χ4n) is 1.46. The molecule has 0 unspecified atom stereocenters. The molecule has 0 aliphatic carbocycles. The highest BCUT2D eigenvalue weighted by Gasteiger charge is 2.07. The van der Waals surface area contributed by atoms with Crippen molar-refractivity contribution in [2.45, 2.75) is 13.5 Å². The van der Waals surface area contributed by atoms with Gasteiger partial charge in [-0.1, -0.05) is 5.46 Å². The lowest BCUT2D eigenvalue weighted by molar-refractivity contribution is 0.281. The second-order valence-electron chi connectivity index (χ2n) is 3.07. The molecule has 1 heterocycles. The Hall–Kier alpha value is -1.22. The first-order valence-corrected chi connectivity index (χ1v) is 4.10. The van der Waals surface area contributed by atoms with E-state index in [-0.39, 0.29) is 6.61 Å². The maximum atomic E-state index is 9.05. The Kier molecular flexibility index (Phi) is 1.89. The SMILES string of the molecule is [B]c1c(C)c(CO)cc2ccoc12. The van der Waals surface area contributed by atoms with E-state index in [1.54, 1.807) is 6.26 Å². The second-order valence-corrected chi connectivity index (χ2v) is 3.07. The average molecular weight is 172 g/mol. The summed E-state index contributed by atoms with van der Waals surface area (Å²) < 4.78 is 5.22. The minimum absolute atomic E-state index is 0.0111. The lowest BCUT2D eigenvalue weighted by atomic mass is 9.87. The number of rotatable bonds is 1. The summed E-state index contributed by atoms with van der Waals surface area (Å²) in [6.45, 7) is 1.89. The smallest absolute Gasteiger partial charge is 0.127 e. The Labute approximate surface area is 77.6 Å². The molecule has 1 aromatic heterocycles. The van der Waals surface area contributed by atoms with Crippen LogP contribution in [-0.4, -0.2) is 13.0 Å². The number of fused-ring (bicyclic) bond motifs is 1. The number of aliphatic hydroxyl groups excluding tert-OH is 1. The van der Waals surface area contributed by atoms with Gasteiger partial charge in [-0.3, -0.25) is 0 Å². The summed E-state index contributed by atoms with van der Waals surface area (Å²) in [5.74, 6) is 0. The zero-order valence-electron chi connectivity index (χ0n) is 7.37. The minimum Gasteiger partial charge on any atom is -0.465 e. The summed E-state index contributed by atoms with van der Waals surface area (Å²) in [4.78, 5) is 0. The maximum Gasteiger partial charge on any atom is 0.127 e. The van der Waals surface area contributed by atoms with Crippen LogP contribution in [0.2, 0.25) is 0 Å². The number of benzene rings is 1. The van der Waals surface area contributed by atoms with Crippen molar-refractivity contribution in [3.05, 3.63) is 29.5 Å². The first kappa shape index (κ1) is 8.39. The summed E-state index contributed by atoms with van der Waals surface area (Å²) in [6.07, 6.45) is 1.60. The summed E-state index contributed by atoms with van der Waals surface area (Å²) in [7, 11) is 5.83. The third kappa shape index (κ3) is 1.16. The Morgan fingerprint density at radius 2 is 2.31 bits per heavy atom. The zero-order chi connectivity index (χ0) is 9.42. The molecule has 0 aliphatic heterocycles. The molecular formula is C10H9BO2. The van der Waals surface area contributed by atoms with Crippen molar-refractivity contribution < 1.29 is 9.52 Å². The van der Waals surface area contributed by atoms with Crippen LogP contribution in [0.3, 0.4) is 0 Å². The molecule has 1 aromatic carbocycles. The van der Waals surface area contributed by atoms with Gasteiger partial charge in [-0.2, -0.15) is 0 Å². The molecule has 0 fully saturated rings. The highest BCUT2D eigenvalue weighted by atomic mass is 16.3. The summed E-state index contributed by atoms with van der Waals surface area (Å²) in [5.41, 5.74) is 3.07. The van der Waals surface area contributed by atoms with Crippen LogP contribution in [0.5, 0.6) is 0 Å². The van der Waals surface area contributed by atoms with Gasteiger partial charge in [-0.25, -0.2) is 0 Å². The largest absolute Gasteiger partial charge is 0.465 e. The van der Waals surface area contributed by atoms with Crippen molar-refractivity contribution >= 4 is 24.3 Å². The summed E-state index contributed by atoms with van der Waals surface area (Å²) >= 11 is 0. The molecule has 0 bridgehead atoms. The van der Waals surface area contributed by atoms with Gasteiger partial charge < -0.3 is 9.52 Å². The first-order chi connectivity index (χ1) is 6.24. The first-order valence-electron chi connectivity index (χ1n) is 4.10. The third-order valence-electron chi connectivity index (χ3n) is 2.33. The Bertz CT molecular complexity index is 445. The molecule has 1 N–H and O–H groups in total. The van der Waals surface area contributed by atoms with E-state index in [2.05, 4.69) is 0 Å². The number of furan rings is 1. The fraction of sp³-hybridized carbons (Fsp3) is 0.200. The van der Waals surface area contributed by atoms with Gasteiger partial charge in [0.2, 0.25) is 0 Å². The molecule has 64 valence electrons.